The molecular formula is C29H42ClF2N5O5. The molecule has 1 saturated carbocycles. The minimum absolute atomic E-state index is 0.0613. The second kappa shape index (κ2) is 13.9. The van der Waals surface area contributed by atoms with Crippen molar-refractivity contribution in [3.8, 4) is 5.75 Å². The van der Waals surface area contributed by atoms with Gasteiger partial charge < -0.3 is 25.3 Å². The van der Waals surface area contributed by atoms with E-state index in [1.807, 2.05) is 13.8 Å². The zero-order chi connectivity index (χ0) is 31.4. The molecule has 2 amide bonds. The standard InChI is InChI=1S/C27H36ClF2N5O5.C2H6/c1-15(29)23(33(3)32)19(31)14-39-20-9-8-18(28)16-10-13-35(24(22(16)20)34-12-5-7-21(34)36)25(37)17-6-4-11-27(17,2)26(38)40-30;1-2/h8-9,15,17,24H,4-7,10-14,31-32H2,1-3H3;1-2H3/b23-19-;/t15?,17?,24?,27-;/m0./s1. The van der Waals surface area contributed by atoms with Crippen molar-refractivity contribution < 1.29 is 33.0 Å². The summed E-state index contributed by atoms with van der Waals surface area (Å²) in [6.45, 7) is 7.26. The fourth-order valence-corrected chi connectivity index (χ4v) is 6.62. The van der Waals surface area contributed by atoms with Gasteiger partial charge in [-0.2, -0.15) is 0 Å². The molecule has 0 radical (unpaired) electrons. The molecule has 1 aromatic rings. The van der Waals surface area contributed by atoms with Gasteiger partial charge in [-0.15, -0.1) is 0 Å². The predicted octanol–water partition coefficient (Wildman–Crippen LogP) is 4.32. The lowest BCUT2D eigenvalue weighted by Gasteiger charge is -2.45. The fraction of sp³-hybridized carbons (Fsp3) is 0.621. The van der Waals surface area contributed by atoms with E-state index in [-0.39, 0.29) is 36.4 Å². The van der Waals surface area contributed by atoms with Crippen LogP contribution in [0.15, 0.2) is 23.5 Å². The van der Waals surface area contributed by atoms with Crippen LogP contribution in [0.5, 0.6) is 5.75 Å². The molecule has 42 heavy (non-hydrogen) atoms. The van der Waals surface area contributed by atoms with Gasteiger partial charge in [-0.1, -0.05) is 31.9 Å². The van der Waals surface area contributed by atoms with Crippen LogP contribution in [0.4, 0.5) is 8.92 Å². The quantitative estimate of drug-likeness (QED) is 0.327. The molecule has 1 aromatic carbocycles. The van der Waals surface area contributed by atoms with Crippen molar-refractivity contribution in [2.75, 3.05) is 26.7 Å². The van der Waals surface area contributed by atoms with E-state index >= 15 is 0 Å². The molecule has 2 heterocycles. The molecular weight excluding hydrogens is 572 g/mol. The largest absolute Gasteiger partial charge is 0.487 e. The van der Waals surface area contributed by atoms with Crippen molar-refractivity contribution in [2.45, 2.75) is 78.6 Å². The Hall–Kier alpha value is -3.12. The average molecular weight is 614 g/mol. The van der Waals surface area contributed by atoms with Gasteiger partial charge in [0.2, 0.25) is 11.8 Å². The summed E-state index contributed by atoms with van der Waals surface area (Å²) in [7, 11) is 1.47. The topological polar surface area (TPSA) is 131 Å². The number of nitrogens with two attached hydrogens (primary N) is 2. The van der Waals surface area contributed by atoms with Crippen LogP contribution in [0.1, 0.15) is 77.1 Å². The Balaban J connectivity index is 0.00000237. The Morgan fingerprint density at radius 1 is 1.24 bits per heavy atom. The molecule has 0 bridgehead atoms. The number of likely N-dealkylation sites (tertiary alicyclic amines) is 1. The zero-order valence-electron chi connectivity index (χ0n) is 24.9. The predicted molar refractivity (Wildman–Crippen MR) is 154 cm³/mol. The number of hydrazine groups is 1. The Labute approximate surface area is 250 Å². The normalized spacial score (nSPS) is 24.7. The molecule has 3 aliphatic rings. The molecule has 3 unspecified atom stereocenters. The number of nitrogens with zero attached hydrogens (tertiary/aromatic N) is 3. The lowest BCUT2D eigenvalue weighted by molar-refractivity contribution is -0.199. The van der Waals surface area contributed by atoms with Gasteiger partial charge in [0.15, 0.2) is 0 Å². The number of rotatable bonds is 8. The van der Waals surface area contributed by atoms with Crippen molar-refractivity contribution in [2.24, 2.45) is 22.9 Å². The van der Waals surface area contributed by atoms with Gasteiger partial charge >= 0.3 is 5.97 Å². The van der Waals surface area contributed by atoms with Gasteiger partial charge in [-0.25, -0.2) is 15.0 Å². The molecule has 2 aliphatic heterocycles. The zero-order valence-corrected chi connectivity index (χ0v) is 25.7. The molecule has 4 rings (SSSR count). The van der Waals surface area contributed by atoms with Crippen LogP contribution in [-0.2, 0) is 25.7 Å². The molecule has 2 fully saturated rings. The van der Waals surface area contributed by atoms with Crippen LogP contribution in [-0.4, -0.2) is 65.5 Å². The summed E-state index contributed by atoms with van der Waals surface area (Å²) < 4.78 is 33.3. The monoisotopic (exact) mass is 613 g/mol. The summed E-state index contributed by atoms with van der Waals surface area (Å²) in [5.74, 6) is 3.67. The van der Waals surface area contributed by atoms with Gasteiger partial charge in [0, 0.05) is 41.7 Å². The molecule has 4 N–H and O–H groups in total. The summed E-state index contributed by atoms with van der Waals surface area (Å²) in [6.07, 6.45) is 0.204. The minimum Gasteiger partial charge on any atom is -0.487 e. The summed E-state index contributed by atoms with van der Waals surface area (Å²) in [5, 5.41) is 1.54. The summed E-state index contributed by atoms with van der Waals surface area (Å²) >= 11 is 6.61. The number of carbonyl (C=O) groups excluding carboxylic acids is 3. The van der Waals surface area contributed by atoms with Crippen LogP contribution in [0.2, 0.25) is 5.02 Å². The van der Waals surface area contributed by atoms with E-state index < -0.39 is 29.6 Å². The van der Waals surface area contributed by atoms with Crippen molar-refractivity contribution in [3.63, 3.8) is 0 Å². The van der Waals surface area contributed by atoms with E-state index in [0.717, 1.165) is 5.01 Å². The van der Waals surface area contributed by atoms with Gasteiger partial charge in [0.1, 0.15) is 24.7 Å². The first-order valence-electron chi connectivity index (χ1n) is 14.4. The van der Waals surface area contributed by atoms with E-state index in [1.54, 1.807) is 21.9 Å². The lowest BCUT2D eigenvalue weighted by Crippen LogP contribution is -2.53. The Morgan fingerprint density at radius 3 is 2.50 bits per heavy atom. The Bertz CT molecular complexity index is 1200. The molecule has 0 spiro atoms. The number of halogens is 3. The Morgan fingerprint density at radius 2 is 1.93 bits per heavy atom. The van der Waals surface area contributed by atoms with Crippen LogP contribution in [0.3, 0.4) is 0 Å². The first-order valence-corrected chi connectivity index (χ1v) is 14.8. The van der Waals surface area contributed by atoms with E-state index in [0.29, 0.717) is 67.0 Å². The third-order valence-electron chi connectivity index (χ3n) is 8.37. The van der Waals surface area contributed by atoms with E-state index in [2.05, 4.69) is 4.94 Å². The van der Waals surface area contributed by atoms with E-state index in [9.17, 15) is 23.3 Å². The Kier molecular flexibility index (Phi) is 11.0. The maximum atomic E-state index is 14.2. The number of allylic oxidation sites excluding steroid dienone is 1. The summed E-state index contributed by atoms with van der Waals surface area (Å²) in [6, 6.07) is 3.29. The fourth-order valence-electron chi connectivity index (χ4n) is 6.36. The van der Waals surface area contributed by atoms with Gasteiger partial charge in [0.25, 0.3) is 0 Å². The second-order valence-corrected chi connectivity index (χ2v) is 11.3. The number of hydrogen-bond donors (Lipinski definition) is 2. The van der Waals surface area contributed by atoms with Gasteiger partial charge in [-0.3, -0.25) is 14.5 Å². The highest BCUT2D eigenvalue weighted by Crippen LogP contribution is 2.49. The van der Waals surface area contributed by atoms with E-state index in [1.165, 1.54) is 20.9 Å². The van der Waals surface area contributed by atoms with Crippen LogP contribution in [0.25, 0.3) is 0 Å². The first-order chi connectivity index (χ1) is 19.9. The first kappa shape index (κ1) is 33.4. The van der Waals surface area contributed by atoms with Gasteiger partial charge in [0.05, 0.1) is 22.7 Å². The van der Waals surface area contributed by atoms with Crippen molar-refractivity contribution in [1.29, 1.82) is 0 Å². The highest BCUT2D eigenvalue weighted by molar-refractivity contribution is 6.31. The number of alkyl halides is 1. The second-order valence-electron chi connectivity index (χ2n) is 10.9. The molecule has 13 heteroatoms. The van der Waals surface area contributed by atoms with Crippen LogP contribution < -0.4 is 16.3 Å². The number of fused-ring (bicyclic) bond motifs is 1. The third kappa shape index (κ3) is 6.29. The maximum Gasteiger partial charge on any atom is 0.355 e. The average Bonchev–Trinajstić information content (AvgIpc) is 3.57. The highest BCUT2D eigenvalue weighted by atomic mass is 35.5. The van der Waals surface area contributed by atoms with Crippen molar-refractivity contribution in [1.82, 2.24) is 14.8 Å². The SMILES string of the molecule is CC.CC(F)/C(=C(/N)COc1ccc(Cl)c2c1C(N1CCCC1=O)N(C(=O)C1CCC[C@]1(C)C(=O)OF)CC2)N(C)N. The molecule has 1 saturated heterocycles. The number of ether oxygens (including phenoxy) is 1. The lowest BCUT2D eigenvalue weighted by atomic mass is 9.78. The van der Waals surface area contributed by atoms with Crippen LogP contribution in [0, 0.1) is 11.3 Å². The van der Waals surface area contributed by atoms with Crippen molar-refractivity contribution in [3.05, 3.63) is 39.7 Å². The molecule has 10 nitrogen and oxygen atoms in total. The van der Waals surface area contributed by atoms with Gasteiger partial charge in [-0.05, 0) is 57.2 Å². The third-order valence-corrected chi connectivity index (χ3v) is 8.72. The smallest absolute Gasteiger partial charge is 0.355 e. The maximum absolute atomic E-state index is 14.2. The number of carbonyl (C=O) groups is 3. The highest BCUT2D eigenvalue weighted by Gasteiger charge is 2.53. The summed E-state index contributed by atoms with van der Waals surface area (Å²) in [4.78, 5) is 46.3. The number of benzene rings is 1. The number of hydrogen-bond acceptors (Lipinski definition) is 8. The molecule has 1 aliphatic carbocycles. The van der Waals surface area contributed by atoms with Crippen LogP contribution >= 0.6 is 11.6 Å². The molecule has 4 atom stereocenters. The number of amides is 2. The molecule has 0 aromatic heterocycles. The summed E-state index contributed by atoms with van der Waals surface area (Å²) in [5.41, 5.74) is 6.19. The minimum atomic E-state index is -1.45. The molecule has 234 valence electrons. The van der Waals surface area contributed by atoms with E-state index in [4.69, 9.17) is 27.9 Å². The van der Waals surface area contributed by atoms with Crippen molar-refractivity contribution >= 4 is 29.4 Å².